The van der Waals surface area contributed by atoms with Gasteiger partial charge >= 0.3 is 0 Å². The Balaban J connectivity index is 1.82. The molecule has 2 aliphatic rings. The van der Waals surface area contributed by atoms with Crippen molar-refractivity contribution in [3.8, 4) is 11.1 Å². The highest BCUT2D eigenvalue weighted by molar-refractivity contribution is 6.00. The average molecular weight is 502 g/mol. The van der Waals surface area contributed by atoms with Gasteiger partial charge in [0.2, 0.25) is 0 Å². The molecular weight excluding hydrogens is 462 g/mol. The van der Waals surface area contributed by atoms with Gasteiger partial charge in [-0.25, -0.2) is 0 Å². The Morgan fingerprint density at radius 2 is 2.03 bits per heavy atom. The first-order chi connectivity index (χ1) is 17.7. The SMILES string of the molecule is C=C(C(=O)NCC1(O)COC1)C1=C(N(C)C(/C=C\C)=C/C)c2cc(-c3ccn(C)c3)c(CC)cc2CC1. The van der Waals surface area contributed by atoms with Crippen molar-refractivity contribution in [1.29, 1.82) is 0 Å². The average Bonchev–Trinajstić information content (AvgIpc) is 3.32. The van der Waals surface area contributed by atoms with E-state index in [1.807, 2.05) is 27.0 Å². The number of ether oxygens (including phenoxy) is 1. The van der Waals surface area contributed by atoms with Crippen LogP contribution in [-0.4, -0.2) is 52.9 Å². The van der Waals surface area contributed by atoms with Crippen LogP contribution < -0.4 is 5.32 Å². The van der Waals surface area contributed by atoms with Crippen molar-refractivity contribution in [1.82, 2.24) is 14.8 Å². The van der Waals surface area contributed by atoms with Gasteiger partial charge in [-0.2, -0.15) is 0 Å². The molecule has 1 fully saturated rings. The molecule has 2 heterocycles. The van der Waals surface area contributed by atoms with Gasteiger partial charge in [-0.3, -0.25) is 4.79 Å². The highest BCUT2D eigenvalue weighted by Gasteiger charge is 2.37. The van der Waals surface area contributed by atoms with Crippen LogP contribution in [0.3, 0.4) is 0 Å². The first-order valence-electron chi connectivity index (χ1n) is 13.0. The second-order valence-corrected chi connectivity index (χ2v) is 10.1. The molecule has 0 unspecified atom stereocenters. The molecule has 1 saturated heterocycles. The topological polar surface area (TPSA) is 66.7 Å². The summed E-state index contributed by atoms with van der Waals surface area (Å²) in [6.45, 7) is 11.1. The quantitative estimate of drug-likeness (QED) is 0.384. The fourth-order valence-electron chi connectivity index (χ4n) is 5.19. The number of aromatic nitrogens is 1. The molecule has 4 rings (SSSR count). The second-order valence-electron chi connectivity index (χ2n) is 10.1. The third-order valence-electron chi connectivity index (χ3n) is 7.35. The van der Waals surface area contributed by atoms with Crippen LogP contribution in [0.5, 0.6) is 0 Å². The molecule has 0 saturated carbocycles. The van der Waals surface area contributed by atoms with Crippen LogP contribution in [0, 0.1) is 0 Å². The molecule has 2 N–H and O–H groups in total. The van der Waals surface area contributed by atoms with E-state index >= 15 is 0 Å². The van der Waals surface area contributed by atoms with Crippen LogP contribution in [0.1, 0.15) is 43.9 Å². The van der Waals surface area contributed by atoms with E-state index in [2.05, 4.69) is 78.1 Å². The van der Waals surface area contributed by atoms with E-state index in [1.54, 1.807) is 0 Å². The fourth-order valence-corrected chi connectivity index (χ4v) is 5.19. The molecular formula is C31H39N3O3. The first-order valence-corrected chi connectivity index (χ1v) is 13.0. The van der Waals surface area contributed by atoms with E-state index in [9.17, 15) is 9.90 Å². The van der Waals surface area contributed by atoms with Gasteiger partial charge in [0.25, 0.3) is 5.91 Å². The molecule has 1 aromatic carbocycles. The summed E-state index contributed by atoms with van der Waals surface area (Å²) in [6, 6.07) is 6.77. The smallest absolute Gasteiger partial charge is 0.251 e. The molecule has 1 aliphatic carbocycles. The van der Waals surface area contributed by atoms with Crippen molar-refractivity contribution in [2.75, 3.05) is 26.8 Å². The number of amides is 1. The van der Waals surface area contributed by atoms with Gasteiger partial charge in [-0.05, 0) is 79.1 Å². The lowest BCUT2D eigenvalue weighted by Gasteiger charge is -2.36. The van der Waals surface area contributed by atoms with Crippen molar-refractivity contribution in [2.24, 2.45) is 7.05 Å². The molecule has 1 aliphatic heterocycles. The Morgan fingerprint density at radius 3 is 2.59 bits per heavy atom. The molecule has 6 heteroatoms. The Morgan fingerprint density at radius 1 is 1.27 bits per heavy atom. The standard InChI is InChI=1S/C31H39N3O3/c1-7-10-25(9-3)34(6)29-26(21(4)30(35)32-18-31(36)19-37-20-31)12-11-23-15-22(8-2)27(16-28(23)29)24-13-14-33(5)17-24/h7,9-10,13-17,36H,4,8,11-12,18-20H2,1-3,5-6H3,(H,32,35)/b10-7-,25-9+. The summed E-state index contributed by atoms with van der Waals surface area (Å²) in [5, 5.41) is 13.2. The maximum absolute atomic E-state index is 13.2. The maximum Gasteiger partial charge on any atom is 0.251 e. The Bertz CT molecular complexity index is 1290. The molecule has 37 heavy (non-hydrogen) atoms. The number of nitrogens with one attached hydrogen (secondary N) is 1. The maximum atomic E-state index is 13.2. The first kappa shape index (κ1) is 26.7. The minimum Gasteiger partial charge on any atom is -0.383 e. The van der Waals surface area contributed by atoms with E-state index in [0.29, 0.717) is 12.0 Å². The number of benzene rings is 1. The summed E-state index contributed by atoms with van der Waals surface area (Å²) >= 11 is 0. The number of hydrogen-bond acceptors (Lipinski definition) is 4. The van der Waals surface area contributed by atoms with E-state index in [1.165, 1.54) is 22.3 Å². The van der Waals surface area contributed by atoms with E-state index in [0.717, 1.165) is 35.4 Å². The molecule has 0 atom stereocenters. The van der Waals surface area contributed by atoms with Crippen molar-refractivity contribution in [3.63, 3.8) is 0 Å². The summed E-state index contributed by atoms with van der Waals surface area (Å²) in [4.78, 5) is 15.4. The van der Waals surface area contributed by atoms with Gasteiger partial charge in [-0.1, -0.05) is 31.7 Å². The lowest BCUT2D eigenvalue weighted by Crippen LogP contribution is -2.57. The van der Waals surface area contributed by atoms with Crippen LogP contribution in [-0.2, 0) is 29.4 Å². The van der Waals surface area contributed by atoms with Gasteiger partial charge in [0.05, 0.1) is 25.5 Å². The number of fused-ring (bicyclic) bond motifs is 1. The number of carbonyl (C=O) groups excluding carboxylic acids is 1. The third-order valence-corrected chi connectivity index (χ3v) is 7.35. The van der Waals surface area contributed by atoms with Gasteiger partial charge in [0.1, 0.15) is 5.60 Å². The summed E-state index contributed by atoms with van der Waals surface area (Å²) in [5.74, 6) is -0.258. The lowest BCUT2D eigenvalue weighted by atomic mass is 9.82. The van der Waals surface area contributed by atoms with Crippen LogP contribution in [0.25, 0.3) is 16.8 Å². The van der Waals surface area contributed by atoms with Crippen LogP contribution in [0.4, 0.5) is 0 Å². The number of rotatable bonds is 9. The summed E-state index contributed by atoms with van der Waals surface area (Å²) < 4.78 is 7.18. The fraction of sp³-hybridized carbons (Fsp3) is 0.387. The van der Waals surface area contributed by atoms with Gasteiger partial charge in [0.15, 0.2) is 0 Å². The summed E-state index contributed by atoms with van der Waals surface area (Å²) in [7, 11) is 4.09. The lowest BCUT2D eigenvalue weighted by molar-refractivity contribution is -0.175. The van der Waals surface area contributed by atoms with Crippen LogP contribution in [0.15, 0.2) is 72.2 Å². The molecule has 0 bridgehead atoms. The minimum atomic E-state index is -0.992. The van der Waals surface area contributed by atoms with Crippen LogP contribution >= 0.6 is 0 Å². The summed E-state index contributed by atoms with van der Waals surface area (Å²) in [5.41, 5.74) is 8.54. The zero-order valence-electron chi connectivity index (χ0n) is 22.7. The highest BCUT2D eigenvalue weighted by atomic mass is 16.5. The van der Waals surface area contributed by atoms with Crippen molar-refractivity contribution < 1.29 is 14.6 Å². The van der Waals surface area contributed by atoms with Gasteiger partial charge < -0.3 is 24.6 Å². The number of allylic oxidation sites excluding steroid dienone is 3. The predicted octanol–water partition coefficient (Wildman–Crippen LogP) is 4.76. The normalized spacial score (nSPS) is 17.0. The summed E-state index contributed by atoms with van der Waals surface area (Å²) in [6.07, 6.45) is 12.9. The van der Waals surface area contributed by atoms with Gasteiger partial charge in [-0.15, -0.1) is 0 Å². The monoisotopic (exact) mass is 501 g/mol. The largest absolute Gasteiger partial charge is 0.383 e. The molecule has 0 spiro atoms. The number of aryl methyl sites for hydroxylation is 3. The Labute approximate surface area is 220 Å². The highest BCUT2D eigenvalue weighted by Crippen LogP contribution is 2.41. The second kappa shape index (κ2) is 11.0. The number of aliphatic hydroxyl groups is 1. The number of carbonyl (C=O) groups is 1. The zero-order chi connectivity index (χ0) is 26.7. The predicted molar refractivity (Wildman–Crippen MR) is 150 cm³/mol. The molecule has 0 radical (unpaired) electrons. The zero-order valence-corrected chi connectivity index (χ0v) is 22.7. The number of likely N-dealkylation sites (N-methyl/N-ethyl adjacent to an activating group) is 1. The molecule has 1 aromatic heterocycles. The Kier molecular flexibility index (Phi) is 7.90. The Hall–Kier alpha value is -3.35. The van der Waals surface area contributed by atoms with E-state index in [4.69, 9.17) is 4.74 Å². The number of nitrogens with zero attached hydrogens (tertiary/aromatic N) is 2. The van der Waals surface area contributed by atoms with Crippen LogP contribution in [0.2, 0.25) is 0 Å². The third kappa shape index (κ3) is 5.36. The molecule has 2 aromatic rings. The van der Waals surface area contributed by atoms with Crippen molar-refractivity contribution in [3.05, 3.63) is 88.9 Å². The van der Waals surface area contributed by atoms with Crippen molar-refractivity contribution >= 4 is 11.6 Å². The molecule has 1 amide bonds. The van der Waals surface area contributed by atoms with E-state index < -0.39 is 5.60 Å². The minimum absolute atomic E-state index is 0.149. The molecule has 6 nitrogen and oxygen atoms in total. The van der Waals surface area contributed by atoms with E-state index in [-0.39, 0.29) is 25.7 Å². The van der Waals surface area contributed by atoms with Crippen molar-refractivity contribution in [2.45, 2.75) is 45.6 Å². The van der Waals surface area contributed by atoms with Gasteiger partial charge in [0, 0.05) is 43.3 Å². The number of hydrogen-bond donors (Lipinski definition) is 2. The molecule has 196 valence electrons.